The Morgan fingerprint density at radius 2 is 1.77 bits per heavy atom. The Bertz CT molecular complexity index is 1010. The average molecular weight is 419 g/mol. The van der Waals surface area contributed by atoms with Crippen molar-refractivity contribution in [3.63, 3.8) is 0 Å². The van der Waals surface area contributed by atoms with Crippen molar-refractivity contribution in [2.24, 2.45) is 0 Å². The number of anilines is 1. The van der Waals surface area contributed by atoms with Crippen LogP contribution in [0.3, 0.4) is 0 Å². The first kappa shape index (κ1) is 21.1. The van der Waals surface area contributed by atoms with E-state index in [9.17, 15) is 4.79 Å². The fourth-order valence-corrected chi connectivity index (χ4v) is 4.02. The molecular weight excluding hydrogens is 388 g/mol. The van der Waals surface area contributed by atoms with Crippen molar-refractivity contribution in [2.45, 2.75) is 52.0 Å². The summed E-state index contributed by atoms with van der Waals surface area (Å²) in [6, 6.07) is 16.1. The topological polar surface area (TPSA) is 71.3 Å². The monoisotopic (exact) mass is 418 g/mol. The van der Waals surface area contributed by atoms with Gasteiger partial charge in [-0.1, -0.05) is 66.0 Å². The Morgan fingerprint density at radius 1 is 1.03 bits per heavy atom. The van der Waals surface area contributed by atoms with Crippen LogP contribution in [-0.2, 0) is 6.42 Å². The molecule has 0 spiro atoms. The van der Waals surface area contributed by atoms with Crippen LogP contribution >= 0.6 is 0 Å². The Balaban J connectivity index is 1.58. The van der Waals surface area contributed by atoms with Crippen LogP contribution in [0.15, 0.2) is 52.9 Å². The van der Waals surface area contributed by atoms with Crippen molar-refractivity contribution in [1.29, 1.82) is 0 Å². The van der Waals surface area contributed by atoms with Crippen LogP contribution in [-0.4, -0.2) is 29.2 Å². The van der Waals surface area contributed by atoms with Crippen molar-refractivity contribution in [2.75, 3.05) is 18.0 Å². The number of aryl methyl sites for hydroxylation is 2. The van der Waals surface area contributed by atoms with Crippen LogP contribution in [0.5, 0.6) is 0 Å². The zero-order valence-corrected chi connectivity index (χ0v) is 18.3. The van der Waals surface area contributed by atoms with E-state index in [1.807, 2.05) is 62.4 Å². The van der Waals surface area contributed by atoms with Gasteiger partial charge in [-0.3, -0.25) is 4.79 Å². The van der Waals surface area contributed by atoms with Gasteiger partial charge in [-0.25, -0.2) is 0 Å². The van der Waals surface area contributed by atoms with E-state index in [1.54, 1.807) is 0 Å². The van der Waals surface area contributed by atoms with Crippen LogP contribution in [0.4, 0.5) is 6.01 Å². The number of amides is 1. The lowest BCUT2D eigenvalue weighted by atomic mass is 10.0. The summed E-state index contributed by atoms with van der Waals surface area (Å²) in [7, 11) is 0. The highest BCUT2D eigenvalue weighted by Crippen LogP contribution is 2.24. The highest BCUT2D eigenvalue weighted by Gasteiger charge is 2.25. The molecule has 1 atom stereocenters. The van der Waals surface area contributed by atoms with E-state index in [2.05, 4.69) is 20.4 Å². The second-order valence-electron chi connectivity index (χ2n) is 8.36. The SMILES string of the molecule is Cc1ccc(C)c(C(=O)NC(Cc2ccccc2)c2nnc(N3CCCCCC3)o2)c1. The fourth-order valence-electron chi connectivity index (χ4n) is 4.02. The van der Waals surface area contributed by atoms with E-state index >= 15 is 0 Å². The lowest BCUT2D eigenvalue weighted by Gasteiger charge is -2.18. The Hall–Kier alpha value is -3.15. The van der Waals surface area contributed by atoms with Gasteiger partial charge in [0.2, 0.25) is 5.89 Å². The van der Waals surface area contributed by atoms with E-state index in [-0.39, 0.29) is 5.91 Å². The highest BCUT2D eigenvalue weighted by molar-refractivity contribution is 5.96. The summed E-state index contributed by atoms with van der Waals surface area (Å²) in [4.78, 5) is 15.3. The molecular formula is C25H30N4O2. The molecule has 31 heavy (non-hydrogen) atoms. The maximum atomic E-state index is 13.1. The number of hydrogen-bond acceptors (Lipinski definition) is 5. The first-order valence-corrected chi connectivity index (χ1v) is 11.1. The van der Waals surface area contributed by atoms with Gasteiger partial charge in [0.15, 0.2) is 0 Å². The average Bonchev–Trinajstić information content (AvgIpc) is 3.11. The Labute approximate surface area is 183 Å². The zero-order chi connectivity index (χ0) is 21.6. The third-order valence-corrected chi connectivity index (χ3v) is 5.83. The van der Waals surface area contributed by atoms with Crippen LogP contribution in [0.1, 0.15) is 64.7 Å². The number of aromatic nitrogens is 2. The molecule has 1 unspecified atom stereocenters. The second-order valence-corrected chi connectivity index (χ2v) is 8.36. The standard InChI is InChI=1S/C25H30N4O2/c1-18-12-13-19(2)21(16-18)23(30)26-22(17-20-10-6-5-7-11-20)24-27-28-25(31-24)29-14-8-3-4-9-15-29/h5-7,10-13,16,22H,3-4,8-9,14-15,17H2,1-2H3,(H,26,30). The largest absolute Gasteiger partial charge is 0.406 e. The molecule has 0 aliphatic carbocycles. The van der Waals surface area contributed by atoms with Gasteiger partial charge in [0.1, 0.15) is 6.04 Å². The van der Waals surface area contributed by atoms with Gasteiger partial charge in [-0.2, -0.15) is 0 Å². The molecule has 1 amide bonds. The highest BCUT2D eigenvalue weighted by atomic mass is 16.4. The van der Waals surface area contributed by atoms with Gasteiger partial charge >= 0.3 is 6.01 Å². The van der Waals surface area contributed by atoms with Crippen molar-refractivity contribution in [3.05, 3.63) is 76.7 Å². The van der Waals surface area contributed by atoms with E-state index in [0.29, 0.717) is 23.9 Å². The Kier molecular flexibility index (Phi) is 6.65. The number of nitrogens with zero attached hydrogens (tertiary/aromatic N) is 3. The van der Waals surface area contributed by atoms with Crippen molar-refractivity contribution in [1.82, 2.24) is 15.5 Å². The molecule has 0 bridgehead atoms. The van der Waals surface area contributed by atoms with E-state index in [1.165, 1.54) is 12.8 Å². The quantitative estimate of drug-likeness (QED) is 0.624. The summed E-state index contributed by atoms with van der Waals surface area (Å²) in [5, 5.41) is 11.8. The van der Waals surface area contributed by atoms with Crippen LogP contribution in [0.25, 0.3) is 0 Å². The normalized spacial score (nSPS) is 15.4. The van der Waals surface area contributed by atoms with Crippen LogP contribution in [0.2, 0.25) is 0 Å². The van der Waals surface area contributed by atoms with Crippen molar-refractivity contribution in [3.8, 4) is 0 Å². The number of rotatable bonds is 6. The minimum Gasteiger partial charge on any atom is -0.406 e. The molecule has 2 aromatic carbocycles. The fraction of sp³-hybridized carbons (Fsp3) is 0.400. The summed E-state index contributed by atoms with van der Waals surface area (Å²) in [5.74, 6) is 0.318. The van der Waals surface area contributed by atoms with Gasteiger partial charge in [0, 0.05) is 25.1 Å². The molecule has 0 radical (unpaired) electrons. The third-order valence-electron chi connectivity index (χ3n) is 5.83. The number of carbonyl (C=O) groups is 1. The molecule has 4 rings (SSSR count). The predicted octanol–water partition coefficient (Wildman–Crippen LogP) is 4.78. The van der Waals surface area contributed by atoms with Gasteiger partial charge in [0.25, 0.3) is 5.91 Å². The maximum Gasteiger partial charge on any atom is 0.318 e. The minimum absolute atomic E-state index is 0.128. The van der Waals surface area contributed by atoms with Gasteiger partial charge in [-0.15, -0.1) is 5.10 Å². The van der Waals surface area contributed by atoms with Crippen molar-refractivity contribution >= 4 is 11.9 Å². The molecule has 2 heterocycles. The molecule has 162 valence electrons. The predicted molar refractivity (Wildman–Crippen MR) is 121 cm³/mol. The van der Waals surface area contributed by atoms with Gasteiger partial charge < -0.3 is 14.6 Å². The smallest absolute Gasteiger partial charge is 0.318 e. The van der Waals surface area contributed by atoms with Crippen LogP contribution < -0.4 is 10.2 Å². The van der Waals surface area contributed by atoms with Gasteiger partial charge in [0.05, 0.1) is 0 Å². The lowest BCUT2D eigenvalue weighted by molar-refractivity contribution is 0.0929. The third kappa shape index (κ3) is 5.32. The summed E-state index contributed by atoms with van der Waals surface area (Å²) in [6.07, 6.45) is 5.32. The van der Waals surface area contributed by atoms with E-state index < -0.39 is 6.04 Å². The first-order chi connectivity index (χ1) is 15.1. The lowest BCUT2D eigenvalue weighted by Crippen LogP contribution is -2.31. The summed E-state index contributed by atoms with van der Waals surface area (Å²) >= 11 is 0. The minimum atomic E-state index is -0.400. The van der Waals surface area contributed by atoms with Gasteiger partial charge in [-0.05, 0) is 43.9 Å². The van der Waals surface area contributed by atoms with E-state index in [0.717, 1.165) is 42.6 Å². The zero-order valence-electron chi connectivity index (χ0n) is 18.3. The number of hydrogen-bond donors (Lipinski definition) is 1. The number of benzene rings is 2. The molecule has 1 aliphatic heterocycles. The molecule has 1 aliphatic rings. The maximum absolute atomic E-state index is 13.1. The summed E-state index contributed by atoms with van der Waals surface area (Å²) in [5.41, 5.74) is 3.77. The molecule has 6 nitrogen and oxygen atoms in total. The van der Waals surface area contributed by atoms with Crippen molar-refractivity contribution < 1.29 is 9.21 Å². The summed E-state index contributed by atoms with van der Waals surface area (Å²) in [6.45, 7) is 5.80. The van der Waals surface area contributed by atoms with E-state index in [4.69, 9.17) is 4.42 Å². The molecule has 3 aromatic rings. The number of nitrogens with one attached hydrogen (secondary N) is 1. The second kappa shape index (κ2) is 9.77. The molecule has 1 aromatic heterocycles. The van der Waals surface area contributed by atoms with Crippen LogP contribution in [0, 0.1) is 13.8 Å². The Morgan fingerprint density at radius 3 is 2.52 bits per heavy atom. The first-order valence-electron chi connectivity index (χ1n) is 11.1. The molecule has 0 saturated carbocycles. The molecule has 6 heteroatoms. The number of carbonyl (C=O) groups excluding carboxylic acids is 1. The molecule has 1 N–H and O–H groups in total. The summed E-state index contributed by atoms with van der Waals surface area (Å²) < 4.78 is 6.09. The molecule has 1 fully saturated rings. The molecule has 1 saturated heterocycles.